The van der Waals surface area contributed by atoms with Crippen molar-refractivity contribution in [3.63, 3.8) is 0 Å². The highest BCUT2D eigenvalue weighted by molar-refractivity contribution is 6.26. The van der Waals surface area contributed by atoms with E-state index in [4.69, 9.17) is 9.47 Å². The van der Waals surface area contributed by atoms with Crippen molar-refractivity contribution in [3.8, 4) is 0 Å². The number of carbonyl (C=O) groups is 2. The van der Waals surface area contributed by atoms with Gasteiger partial charge in [-0.15, -0.1) is 0 Å². The van der Waals surface area contributed by atoms with Crippen molar-refractivity contribution < 1.29 is 24.2 Å². The molecule has 29 heavy (non-hydrogen) atoms. The van der Waals surface area contributed by atoms with Crippen molar-refractivity contribution in [1.82, 2.24) is 5.32 Å². The van der Waals surface area contributed by atoms with E-state index in [0.717, 1.165) is 35.1 Å². The lowest BCUT2D eigenvalue weighted by atomic mass is 9.72. The number of hydrogen-bond acceptors (Lipinski definition) is 5. The van der Waals surface area contributed by atoms with Crippen LogP contribution in [-0.2, 0) is 14.3 Å². The lowest BCUT2D eigenvalue weighted by Crippen LogP contribution is -2.45. The number of aliphatic hydroxyl groups is 1. The van der Waals surface area contributed by atoms with Crippen molar-refractivity contribution in [2.24, 2.45) is 11.8 Å². The van der Waals surface area contributed by atoms with E-state index in [1.165, 1.54) is 0 Å². The third-order valence-electron chi connectivity index (χ3n) is 6.56. The number of nitrogens with one attached hydrogen (secondary N) is 1. The van der Waals surface area contributed by atoms with Crippen LogP contribution in [0, 0.1) is 32.6 Å². The molecule has 0 saturated carbocycles. The number of amides is 1. The van der Waals surface area contributed by atoms with Gasteiger partial charge in [0.2, 0.25) is 0 Å². The third kappa shape index (κ3) is 3.05. The number of ether oxygens (including phenoxy) is 2. The average molecular weight is 399 g/mol. The Morgan fingerprint density at radius 1 is 1.31 bits per heavy atom. The first kappa shape index (κ1) is 20.0. The van der Waals surface area contributed by atoms with Gasteiger partial charge in [0.15, 0.2) is 5.78 Å². The van der Waals surface area contributed by atoms with Gasteiger partial charge in [0.05, 0.1) is 23.5 Å². The molecule has 3 aliphatic rings. The van der Waals surface area contributed by atoms with Crippen molar-refractivity contribution >= 4 is 17.4 Å². The van der Waals surface area contributed by atoms with Crippen molar-refractivity contribution in [2.45, 2.75) is 58.7 Å². The van der Waals surface area contributed by atoms with Gasteiger partial charge in [0.25, 0.3) is 0 Å². The molecule has 0 radical (unpaired) electrons. The number of benzene rings is 1. The second kappa shape index (κ2) is 7.17. The molecule has 0 spiro atoms. The van der Waals surface area contributed by atoms with E-state index in [-0.39, 0.29) is 30.2 Å². The van der Waals surface area contributed by atoms with Crippen LogP contribution in [0.1, 0.15) is 48.4 Å². The molecule has 0 aromatic heterocycles. The number of hydrogen-bond donors (Lipinski definition) is 2. The van der Waals surface area contributed by atoms with Gasteiger partial charge in [-0.05, 0) is 56.7 Å². The Kier molecular flexibility index (Phi) is 4.93. The molecule has 0 unspecified atom stereocenters. The summed E-state index contributed by atoms with van der Waals surface area (Å²) in [5.41, 5.74) is 3.48. The number of carbonyl (C=O) groups excluding carboxylic acids is 2. The number of Topliss-reactive ketones (excluding diaryl/α,β-unsaturated/α-hetero) is 1. The summed E-state index contributed by atoms with van der Waals surface area (Å²) in [4.78, 5) is 25.5. The molecule has 2 saturated heterocycles. The number of allylic oxidation sites excluding steroid dienone is 1. The highest BCUT2D eigenvalue weighted by Crippen LogP contribution is 2.59. The van der Waals surface area contributed by atoms with Crippen LogP contribution in [0.25, 0.3) is 5.57 Å². The predicted octanol–water partition coefficient (Wildman–Crippen LogP) is 3.76. The summed E-state index contributed by atoms with van der Waals surface area (Å²) < 4.78 is 11.6. The molecule has 4 atom stereocenters. The van der Waals surface area contributed by atoms with Gasteiger partial charge in [0, 0.05) is 6.54 Å². The third-order valence-corrected chi connectivity index (χ3v) is 6.56. The van der Waals surface area contributed by atoms with Crippen LogP contribution in [0.4, 0.5) is 4.79 Å². The lowest BCUT2D eigenvalue weighted by Gasteiger charge is -2.31. The molecule has 2 heterocycles. The minimum absolute atomic E-state index is 0.0262. The first-order chi connectivity index (χ1) is 13.8. The molecule has 1 aromatic carbocycles. The largest absolute Gasteiger partial charge is 0.511 e. The molecule has 6 nitrogen and oxygen atoms in total. The molecular formula is C23H29NO5. The van der Waals surface area contributed by atoms with Gasteiger partial charge in [-0.1, -0.05) is 24.6 Å². The molecule has 2 fully saturated rings. The maximum atomic E-state index is 13.5. The van der Waals surface area contributed by atoms with Gasteiger partial charge in [-0.25, -0.2) is 4.79 Å². The van der Waals surface area contributed by atoms with Crippen molar-refractivity contribution in [3.05, 3.63) is 40.1 Å². The van der Waals surface area contributed by atoms with Crippen LogP contribution in [0.5, 0.6) is 0 Å². The van der Waals surface area contributed by atoms with E-state index < -0.39 is 17.6 Å². The van der Waals surface area contributed by atoms with E-state index in [0.29, 0.717) is 18.5 Å². The van der Waals surface area contributed by atoms with Gasteiger partial charge in [0.1, 0.15) is 18.0 Å². The fraction of sp³-hybridized carbons (Fsp3) is 0.565. The molecule has 2 aliphatic heterocycles. The number of ketones is 1. The highest BCUT2D eigenvalue weighted by Gasteiger charge is 2.67. The number of aliphatic hydroxyl groups excluding tert-OH is 1. The topological polar surface area (TPSA) is 84.9 Å². The number of aryl methyl sites for hydroxylation is 3. The summed E-state index contributed by atoms with van der Waals surface area (Å²) in [6, 6.07) is 4.07. The fourth-order valence-corrected chi connectivity index (χ4v) is 5.50. The van der Waals surface area contributed by atoms with Gasteiger partial charge in [-0.2, -0.15) is 0 Å². The van der Waals surface area contributed by atoms with Crippen LogP contribution in [0.2, 0.25) is 0 Å². The Morgan fingerprint density at radius 3 is 2.66 bits per heavy atom. The highest BCUT2D eigenvalue weighted by atomic mass is 16.6. The van der Waals surface area contributed by atoms with Crippen LogP contribution in [-0.4, -0.2) is 41.8 Å². The summed E-state index contributed by atoms with van der Waals surface area (Å²) in [5, 5.41) is 13.8. The van der Waals surface area contributed by atoms with Crippen LogP contribution < -0.4 is 5.32 Å². The van der Waals surface area contributed by atoms with Crippen LogP contribution >= 0.6 is 0 Å². The zero-order valence-corrected chi connectivity index (χ0v) is 17.5. The lowest BCUT2D eigenvalue weighted by molar-refractivity contribution is -0.125. The fourth-order valence-electron chi connectivity index (χ4n) is 5.50. The zero-order valence-electron chi connectivity index (χ0n) is 17.5. The molecule has 6 heteroatoms. The Morgan fingerprint density at radius 2 is 2.00 bits per heavy atom. The minimum atomic E-state index is -0.849. The monoisotopic (exact) mass is 399 g/mol. The second-order valence-corrected chi connectivity index (χ2v) is 8.66. The normalized spacial score (nSPS) is 30.1. The van der Waals surface area contributed by atoms with Gasteiger partial charge in [-0.3, -0.25) is 4.79 Å². The van der Waals surface area contributed by atoms with Crippen molar-refractivity contribution in [1.29, 1.82) is 0 Å². The van der Waals surface area contributed by atoms with Gasteiger partial charge < -0.3 is 19.9 Å². The second-order valence-electron chi connectivity index (χ2n) is 8.66. The summed E-state index contributed by atoms with van der Waals surface area (Å²) in [5.74, 6) is -0.816. The summed E-state index contributed by atoms with van der Waals surface area (Å²) in [6.07, 6.45) is 1.51. The van der Waals surface area contributed by atoms with Crippen LogP contribution in [0.3, 0.4) is 0 Å². The Bertz CT molecular complexity index is 882. The standard InChI is InChI=1S/C23H29NO5/c1-5-8-24-22(27)28-11-23-7-6-15(29-23)17-19(23)21(26)18(20(17)25)16-13(3)9-12(2)10-14(16)4/h9-10,15,17,19,25H,5-8,11H2,1-4H3,(H,24,27)/t15-,17-,19+,23-/m0/s1. The van der Waals surface area contributed by atoms with Gasteiger partial charge >= 0.3 is 6.09 Å². The van der Waals surface area contributed by atoms with Crippen LogP contribution in [0.15, 0.2) is 17.9 Å². The molecule has 4 rings (SSSR count). The first-order valence-electron chi connectivity index (χ1n) is 10.4. The molecule has 1 aromatic rings. The molecule has 2 bridgehead atoms. The molecule has 156 valence electrons. The zero-order chi connectivity index (χ0) is 20.9. The first-order valence-corrected chi connectivity index (χ1v) is 10.4. The number of alkyl carbamates (subject to hydrolysis) is 1. The summed E-state index contributed by atoms with van der Waals surface area (Å²) in [7, 11) is 0. The Hall–Kier alpha value is -2.34. The quantitative estimate of drug-likeness (QED) is 0.787. The van der Waals surface area contributed by atoms with E-state index in [9.17, 15) is 14.7 Å². The van der Waals surface area contributed by atoms with E-state index in [1.807, 2.05) is 39.8 Å². The van der Waals surface area contributed by atoms with E-state index in [2.05, 4.69) is 5.32 Å². The molecule has 1 aliphatic carbocycles. The minimum Gasteiger partial charge on any atom is -0.511 e. The number of fused-ring (bicyclic) bond motifs is 5. The predicted molar refractivity (Wildman–Crippen MR) is 109 cm³/mol. The number of rotatable bonds is 5. The maximum Gasteiger partial charge on any atom is 0.407 e. The average Bonchev–Trinajstić information content (AvgIpc) is 3.30. The maximum absolute atomic E-state index is 13.5. The summed E-state index contributed by atoms with van der Waals surface area (Å²) in [6.45, 7) is 8.50. The van der Waals surface area contributed by atoms with E-state index in [1.54, 1.807) is 0 Å². The van der Waals surface area contributed by atoms with Crippen molar-refractivity contribution in [2.75, 3.05) is 13.2 Å². The SMILES string of the molecule is CCCNC(=O)OC[C@]12CC[C@H](O1)[C@@H]1C(O)=C(c3c(C)cc(C)cc3C)C(=O)[C@@H]12. The smallest absolute Gasteiger partial charge is 0.407 e. The molecule has 1 amide bonds. The summed E-state index contributed by atoms with van der Waals surface area (Å²) >= 11 is 0. The molecule has 2 N–H and O–H groups in total. The molecular weight excluding hydrogens is 370 g/mol. The van der Waals surface area contributed by atoms with E-state index >= 15 is 0 Å². The Labute approximate surface area is 171 Å². The Balaban J connectivity index is 1.64.